The molecule has 1 radical (unpaired) electrons. The van der Waals surface area contributed by atoms with Crippen molar-refractivity contribution in [3.63, 3.8) is 0 Å². The van der Waals surface area contributed by atoms with Crippen molar-refractivity contribution in [1.29, 1.82) is 0 Å². The first-order valence-electron chi connectivity index (χ1n) is 7.45. The van der Waals surface area contributed by atoms with Crippen LogP contribution in [0.25, 0.3) is 21.9 Å². The maximum atomic E-state index is 6.08. The topological polar surface area (TPSA) is 22.4 Å². The van der Waals surface area contributed by atoms with E-state index < -0.39 is 0 Å². The summed E-state index contributed by atoms with van der Waals surface area (Å²) in [6.07, 6.45) is 0.970. The lowest BCUT2D eigenvalue weighted by Crippen LogP contribution is -2.02. The molecular weight excluding hydrogens is 272 g/mol. The van der Waals surface area contributed by atoms with E-state index in [1.165, 1.54) is 11.1 Å². The molecule has 1 aromatic heterocycles. The first-order chi connectivity index (χ1) is 10.9. The molecular formula is C20H13O2. The fourth-order valence-electron chi connectivity index (χ4n) is 3.25. The summed E-state index contributed by atoms with van der Waals surface area (Å²) < 4.78 is 12.0. The molecule has 105 valence electrons. The number of ether oxygens (including phenoxy) is 1. The van der Waals surface area contributed by atoms with Gasteiger partial charge in [0.05, 0.1) is 0 Å². The van der Waals surface area contributed by atoms with Gasteiger partial charge >= 0.3 is 0 Å². The Hall–Kier alpha value is -2.74. The molecule has 0 saturated carbocycles. The van der Waals surface area contributed by atoms with Gasteiger partial charge in [-0.1, -0.05) is 30.3 Å². The predicted octanol–water partition coefficient (Wildman–Crippen LogP) is 5.06. The minimum atomic E-state index is 0.0730. The molecule has 2 heterocycles. The molecule has 0 fully saturated rings. The molecule has 3 aromatic carbocycles. The monoisotopic (exact) mass is 285 g/mol. The Balaban J connectivity index is 1.63. The van der Waals surface area contributed by atoms with Crippen molar-refractivity contribution < 1.29 is 9.15 Å². The first-order valence-corrected chi connectivity index (χ1v) is 7.45. The molecule has 2 heteroatoms. The van der Waals surface area contributed by atoms with Crippen LogP contribution in [0.3, 0.4) is 0 Å². The van der Waals surface area contributed by atoms with Gasteiger partial charge in [0.2, 0.25) is 0 Å². The molecule has 1 aliphatic heterocycles. The normalized spacial score (nSPS) is 16.8. The average Bonchev–Trinajstić information content (AvgIpc) is 3.15. The zero-order valence-corrected chi connectivity index (χ0v) is 11.9. The summed E-state index contributed by atoms with van der Waals surface area (Å²) in [6.45, 7) is 0. The third-order valence-electron chi connectivity index (χ3n) is 4.35. The summed E-state index contributed by atoms with van der Waals surface area (Å²) >= 11 is 0. The summed E-state index contributed by atoms with van der Waals surface area (Å²) in [5, 5.41) is 2.31. The third kappa shape index (κ3) is 1.67. The number of furan rings is 1. The Morgan fingerprint density at radius 1 is 0.955 bits per heavy atom. The summed E-state index contributed by atoms with van der Waals surface area (Å²) in [4.78, 5) is 0. The number of hydrogen-bond acceptors (Lipinski definition) is 2. The number of rotatable bonds is 1. The van der Waals surface area contributed by atoms with Crippen LogP contribution in [-0.4, -0.2) is 0 Å². The SMILES string of the molecule is [c]1ccc2c(c1)CC(c1ccc3oc4ccccc4c3c1)O2. The van der Waals surface area contributed by atoms with Crippen molar-refractivity contribution in [1.82, 2.24) is 0 Å². The molecule has 5 rings (SSSR count). The number of para-hydroxylation sites is 1. The molecule has 1 unspecified atom stereocenters. The van der Waals surface area contributed by atoms with Crippen molar-refractivity contribution in [3.8, 4) is 5.75 Å². The molecule has 1 atom stereocenters. The van der Waals surface area contributed by atoms with E-state index in [1.54, 1.807) is 0 Å². The van der Waals surface area contributed by atoms with E-state index in [4.69, 9.17) is 9.15 Å². The van der Waals surface area contributed by atoms with Crippen molar-refractivity contribution >= 4 is 21.9 Å². The smallest absolute Gasteiger partial charge is 0.135 e. The quantitative estimate of drug-likeness (QED) is 0.487. The Morgan fingerprint density at radius 2 is 1.86 bits per heavy atom. The van der Waals surface area contributed by atoms with Crippen molar-refractivity contribution in [3.05, 3.63) is 77.9 Å². The molecule has 0 saturated heterocycles. The van der Waals surface area contributed by atoms with Gasteiger partial charge in [-0.25, -0.2) is 0 Å². The maximum absolute atomic E-state index is 6.08. The second-order valence-electron chi connectivity index (χ2n) is 5.70. The van der Waals surface area contributed by atoms with Crippen LogP contribution < -0.4 is 4.74 Å². The Kier molecular flexibility index (Phi) is 2.36. The van der Waals surface area contributed by atoms with Gasteiger partial charge in [-0.15, -0.1) is 0 Å². The number of benzene rings is 3. The minimum absolute atomic E-state index is 0.0730. The fourth-order valence-corrected chi connectivity index (χ4v) is 3.25. The molecule has 0 amide bonds. The van der Waals surface area contributed by atoms with E-state index in [0.717, 1.165) is 34.1 Å². The van der Waals surface area contributed by atoms with Gasteiger partial charge in [0.25, 0.3) is 0 Å². The van der Waals surface area contributed by atoms with E-state index in [1.807, 2.05) is 42.5 Å². The highest BCUT2D eigenvalue weighted by Crippen LogP contribution is 2.38. The van der Waals surface area contributed by atoms with E-state index in [9.17, 15) is 0 Å². The minimum Gasteiger partial charge on any atom is -0.485 e. The van der Waals surface area contributed by atoms with E-state index >= 15 is 0 Å². The van der Waals surface area contributed by atoms with Crippen LogP contribution in [0.4, 0.5) is 0 Å². The highest BCUT2D eigenvalue weighted by Gasteiger charge is 2.24. The summed E-state index contributed by atoms with van der Waals surface area (Å²) in [5.74, 6) is 0.973. The average molecular weight is 285 g/mol. The van der Waals surface area contributed by atoms with Crippen LogP contribution in [0.1, 0.15) is 17.2 Å². The molecule has 0 spiro atoms. The zero-order valence-electron chi connectivity index (χ0n) is 11.9. The second kappa shape index (κ2) is 4.38. The summed E-state index contributed by atoms with van der Waals surface area (Å²) in [5.41, 5.74) is 4.27. The summed E-state index contributed by atoms with van der Waals surface area (Å²) in [7, 11) is 0. The lowest BCUT2D eigenvalue weighted by atomic mass is 10.0. The van der Waals surface area contributed by atoms with Gasteiger partial charge in [-0.3, -0.25) is 0 Å². The van der Waals surface area contributed by atoms with Crippen LogP contribution in [0.15, 0.2) is 65.1 Å². The predicted molar refractivity (Wildman–Crippen MR) is 86.1 cm³/mol. The van der Waals surface area contributed by atoms with Crippen LogP contribution >= 0.6 is 0 Å². The Bertz CT molecular complexity index is 972. The second-order valence-corrected chi connectivity index (χ2v) is 5.70. The molecule has 0 bridgehead atoms. The van der Waals surface area contributed by atoms with E-state index in [2.05, 4.69) is 24.3 Å². The molecule has 0 aliphatic carbocycles. The van der Waals surface area contributed by atoms with Gasteiger partial charge in [-0.2, -0.15) is 0 Å². The summed E-state index contributed by atoms with van der Waals surface area (Å²) in [6, 6.07) is 23.5. The van der Waals surface area contributed by atoms with Crippen LogP contribution in [-0.2, 0) is 6.42 Å². The molecule has 4 aromatic rings. The maximum Gasteiger partial charge on any atom is 0.135 e. The van der Waals surface area contributed by atoms with Crippen LogP contribution in [0, 0.1) is 6.07 Å². The van der Waals surface area contributed by atoms with Crippen LogP contribution in [0.5, 0.6) is 5.75 Å². The molecule has 0 N–H and O–H groups in total. The Morgan fingerprint density at radius 3 is 2.82 bits per heavy atom. The largest absolute Gasteiger partial charge is 0.485 e. The van der Waals surface area contributed by atoms with Crippen molar-refractivity contribution in [2.45, 2.75) is 12.5 Å². The molecule has 22 heavy (non-hydrogen) atoms. The highest BCUT2D eigenvalue weighted by atomic mass is 16.5. The van der Waals surface area contributed by atoms with Gasteiger partial charge in [0.15, 0.2) is 0 Å². The van der Waals surface area contributed by atoms with E-state index in [0.29, 0.717) is 0 Å². The number of hydrogen-bond donors (Lipinski definition) is 0. The zero-order chi connectivity index (χ0) is 14.5. The molecule has 1 aliphatic rings. The van der Waals surface area contributed by atoms with Gasteiger partial charge < -0.3 is 9.15 Å². The highest BCUT2D eigenvalue weighted by molar-refractivity contribution is 6.05. The lowest BCUT2D eigenvalue weighted by molar-refractivity contribution is 0.239. The van der Waals surface area contributed by atoms with Gasteiger partial charge in [0.1, 0.15) is 23.0 Å². The lowest BCUT2D eigenvalue weighted by Gasteiger charge is -2.10. The van der Waals surface area contributed by atoms with Crippen LogP contribution in [0.2, 0.25) is 0 Å². The fraction of sp³-hybridized carbons (Fsp3) is 0.100. The van der Waals surface area contributed by atoms with E-state index in [-0.39, 0.29) is 6.10 Å². The number of fused-ring (bicyclic) bond motifs is 4. The van der Waals surface area contributed by atoms with Gasteiger partial charge in [-0.05, 0) is 47.5 Å². The molecule has 2 nitrogen and oxygen atoms in total. The van der Waals surface area contributed by atoms with Gasteiger partial charge in [0, 0.05) is 17.2 Å². The van der Waals surface area contributed by atoms with Crippen molar-refractivity contribution in [2.75, 3.05) is 0 Å². The van der Waals surface area contributed by atoms with Crippen molar-refractivity contribution in [2.24, 2.45) is 0 Å². The Labute approximate surface area is 127 Å². The standard InChI is InChI=1S/C20H13O2/c1-3-7-17-13(5-1)12-20(21-17)14-9-10-19-16(11-14)15-6-2-4-8-18(15)22-19/h2-11,20H,12H2. The third-order valence-corrected chi connectivity index (χ3v) is 4.35. The first kappa shape index (κ1) is 11.9.